The second-order valence-electron chi connectivity index (χ2n) is 3.86. The maximum Gasteiger partial charge on any atom is 0.335 e. The minimum atomic E-state index is -0.926. The second-order valence-corrected chi connectivity index (χ2v) is 3.86. The van der Waals surface area contributed by atoms with Gasteiger partial charge in [-0.25, -0.2) is 9.78 Å². The summed E-state index contributed by atoms with van der Waals surface area (Å²) < 4.78 is 0. The second kappa shape index (κ2) is 3.56. The van der Waals surface area contributed by atoms with Crippen LogP contribution in [0.15, 0.2) is 48.5 Å². The molecule has 1 aliphatic heterocycles. The monoisotopic (exact) mass is 223 g/mol. The van der Waals surface area contributed by atoms with E-state index in [-0.39, 0.29) is 5.56 Å². The van der Waals surface area contributed by atoms with Gasteiger partial charge in [0.15, 0.2) is 0 Å². The van der Waals surface area contributed by atoms with Crippen molar-refractivity contribution in [2.24, 2.45) is 0 Å². The molecule has 1 heterocycles. The molecule has 0 saturated heterocycles. The molecule has 1 aliphatic carbocycles. The summed E-state index contributed by atoms with van der Waals surface area (Å²) in [4.78, 5) is 15.3. The molecule has 0 amide bonds. The van der Waals surface area contributed by atoms with Crippen LogP contribution in [-0.2, 0) is 0 Å². The lowest BCUT2D eigenvalue weighted by molar-refractivity contribution is 0.0697. The molecule has 3 rings (SSSR count). The van der Waals surface area contributed by atoms with Crippen molar-refractivity contribution in [1.29, 1.82) is 0 Å². The zero-order chi connectivity index (χ0) is 11.8. The maximum absolute atomic E-state index is 10.9. The molecular weight excluding hydrogens is 214 g/mol. The van der Waals surface area contributed by atoms with Crippen LogP contribution in [0.3, 0.4) is 0 Å². The first-order valence-corrected chi connectivity index (χ1v) is 5.27. The summed E-state index contributed by atoms with van der Waals surface area (Å²) in [6, 6.07) is 14.8. The summed E-state index contributed by atoms with van der Waals surface area (Å²) in [5.74, 6) is -0.926. The third kappa shape index (κ3) is 1.52. The largest absolute Gasteiger partial charge is 0.478 e. The van der Waals surface area contributed by atoms with Crippen molar-refractivity contribution in [3.05, 3.63) is 54.1 Å². The summed E-state index contributed by atoms with van der Waals surface area (Å²) >= 11 is 0. The number of benzene rings is 1. The van der Waals surface area contributed by atoms with Gasteiger partial charge in [-0.15, -0.1) is 0 Å². The highest BCUT2D eigenvalue weighted by Crippen LogP contribution is 2.30. The van der Waals surface area contributed by atoms with E-state index in [4.69, 9.17) is 5.11 Å². The number of carboxylic acid groups (broad SMARTS) is 1. The summed E-state index contributed by atoms with van der Waals surface area (Å²) in [6.07, 6.45) is 0. The zero-order valence-electron chi connectivity index (χ0n) is 8.92. The molecule has 3 nitrogen and oxygen atoms in total. The number of fused-ring (bicyclic) bond motifs is 3. The molecule has 0 radical (unpaired) electrons. The van der Waals surface area contributed by atoms with Crippen LogP contribution in [0.5, 0.6) is 0 Å². The molecule has 3 heteroatoms. The SMILES string of the molecule is O=C(O)c1ccc2c3cccccc-3nc2c1. The van der Waals surface area contributed by atoms with E-state index in [1.165, 1.54) is 0 Å². The van der Waals surface area contributed by atoms with E-state index >= 15 is 0 Å². The van der Waals surface area contributed by atoms with Gasteiger partial charge in [0.25, 0.3) is 0 Å². The van der Waals surface area contributed by atoms with E-state index in [2.05, 4.69) is 4.98 Å². The Morgan fingerprint density at radius 2 is 1.88 bits per heavy atom. The van der Waals surface area contributed by atoms with Crippen LogP contribution in [0.25, 0.3) is 22.2 Å². The van der Waals surface area contributed by atoms with E-state index in [1.54, 1.807) is 12.1 Å². The average molecular weight is 223 g/mol. The Morgan fingerprint density at radius 3 is 2.71 bits per heavy atom. The van der Waals surface area contributed by atoms with Gasteiger partial charge in [0.2, 0.25) is 0 Å². The Morgan fingerprint density at radius 1 is 1.06 bits per heavy atom. The topological polar surface area (TPSA) is 50.2 Å². The fraction of sp³-hybridized carbons (Fsp3) is 0. The van der Waals surface area contributed by atoms with Crippen LogP contribution in [0.2, 0.25) is 0 Å². The quantitative estimate of drug-likeness (QED) is 0.689. The minimum Gasteiger partial charge on any atom is -0.478 e. The first-order chi connectivity index (χ1) is 8.25. The zero-order valence-corrected chi connectivity index (χ0v) is 8.92. The van der Waals surface area contributed by atoms with Crippen molar-refractivity contribution in [2.45, 2.75) is 0 Å². The Hall–Kier alpha value is -2.42. The number of carboxylic acids is 1. The molecule has 0 atom stereocenters. The molecule has 82 valence electrons. The van der Waals surface area contributed by atoms with E-state index in [1.807, 2.05) is 36.4 Å². The molecule has 0 bridgehead atoms. The molecule has 17 heavy (non-hydrogen) atoms. The molecule has 1 aromatic carbocycles. The van der Waals surface area contributed by atoms with Gasteiger partial charge >= 0.3 is 5.97 Å². The molecule has 1 aromatic rings. The minimum absolute atomic E-state index is 0.268. The standard InChI is InChI=1S/C14H9NO2/c16-14(17)9-6-7-11-10-4-2-1-3-5-12(10)15-13(11)8-9/h1-8H,(H,16,17). The number of carbonyl (C=O) groups is 1. The molecule has 1 N–H and O–H groups in total. The lowest BCUT2D eigenvalue weighted by Gasteiger charge is -1.94. The van der Waals surface area contributed by atoms with E-state index in [0.717, 1.165) is 22.2 Å². The lowest BCUT2D eigenvalue weighted by Crippen LogP contribution is -1.94. The summed E-state index contributed by atoms with van der Waals surface area (Å²) in [6.45, 7) is 0. The molecular formula is C14H9NO2. The summed E-state index contributed by atoms with van der Waals surface area (Å²) in [7, 11) is 0. The summed E-state index contributed by atoms with van der Waals surface area (Å²) in [5.41, 5.74) is 2.92. The number of hydrogen-bond acceptors (Lipinski definition) is 2. The molecule has 2 aliphatic rings. The van der Waals surface area contributed by atoms with Crippen molar-refractivity contribution in [3.8, 4) is 11.3 Å². The smallest absolute Gasteiger partial charge is 0.335 e. The van der Waals surface area contributed by atoms with Gasteiger partial charge in [-0.05, 0) is 18.2 Å². The number of nitrogens with zero attached hydrogens (tertiary/aromatic N) is 1. The van der Waals surface area contributed by atoms with Gasteiger partial charge in [0.1, 0.15) is 0 Å². The van der Waals surface area contributed by atoms with Gasteiger partial charge in [0, 0.05) is 10.9 Å². The van der Waals surface area contributed by atoms with Crippen LogP contribution in [0.4, 0.5) is 0 Å². The van der Waals surface area contributed by atoms with Crippen molar-refractivity contribution in [1.82, 2.24) is 4.98 Å². The van der Waals surface area contributed by atoms with Crippen molar-refractivity contribution in [3.63, 3.8) is 0 Å². The van der Waals surface area contributed by atoms with E-state index in [9.17, 15) is 4.79 Å². The third-order valence-electron chi connectivity index (χ3n) is 2.79. The van der Waals surface area contributed by atoms with Crippen LogP contribution in [-0.4, -0.2) is 16.1 Å². The Bertz CT molecular complexity index is 691. The molecule has 0 fully saturated rings. The first kappa shape index (κ1) is 9.78. The third-order valence-corrected chi connectivity index (χ3v) is 2.79. The Kier molecular flexibility index (Phi) is 2.05. The first-order valence-electron chi connectivity index (χ1n) is 5.27. The maximum atomic E-state index is 10.9. The van der Waals surface area contributed by atoms with Crippen LogP contribution >= 0.6 is 0 Å². The molecule has 0 saturated carbocycles. The lowest BCUT2D eigenvalue weighted by atomic mass is 10.1. The summed E-state index contributed by atoms with van der Waals surface area (Å²) in [5, 5.41) is 9.92. The molecule has 0 spiro atoms. The molecule has 0 aromatic heterocycles. The predicted molar refractivity (Wildman–Crippen MR) is 65.3 cm³/mol. The Balaban J connectivity index is 2.36. The van der Waals surface area contributed by atoms with Gasteiger partial charge in [-0.1, -0.05) is 30.3 Å². The normalized spacial score (nSPS) is 10.8. The number of aromatic carboxylic acids is 1. The molecule has 0 unspecified atom stereocenters. The van der Waals surface area contributed by atoms with Crippen LogP contribution in [0.1, 0.15) is 10.4 Å². The van der Waals surface area contributed by atoms with Gasteiger partial charge in [-0.3, -0.25) is 0 Å². The fourth-order valence-electron chi connectivity index (χ4n) is 1.98. The van der Waals surface area contributed by atoms with Crippen LogP contribution in [0, 0.1) is 0 Å². The van der Waals surface area contributed by atoms with E-state index < -0.39 is 5.97 Å². The van der Waals surface area contributed by atoms with Crippen molar-refractivity contribution < 1.29 is 9.90 Å². The number of aromatic nitrogens is 1. The average Bonchev–Trinajstić information content (AvgIpc) is 2.50. The number of rotatable bonds is 1. The fourth-order valence-corrected chi connectivity index (χ4v) is 1.98. The highest BCUT2D eigenvalue weighted by molar-refractivity contribution is 6.00. The van der Waals surface area contributed by atoms with Crippen molar-refractivity contribution >= 4 is 16.9 Å². The Labute approximate surface area is 97.7 Å². The van der Waals surface area contributed by atoms with Crippen LogP contribution < -0.4 is 0 Å². The highest BCUT2D eigenvalue weighted by atomic mass is 16.4. The van der Waals surface area contributed by atoms with E-state index in [0.29, 0.717) is 0 Å². The van der Waals surface area contributed by atoms with Crippen molar-refractivity contribution in [2.75, 3.05) is 0 Å². The van der Waals surface area contributed by atoms with Gasteiger partial charge < -0.3 is 5.11 Å². The number of hydrogen-bond donors (Lipinski definition) is 1. The highest BCUT2D eigenvalue weighted by Gasteiger charge is 2.12. The van der Waals surface area contributed by atoms with Gasteiger partial charge in [0.05, 0.1) is 16.8 Å². The predicted octanol–water partition coefficient (Wildman–Crippen LogP) is 3.04. The van der Waals surface area contributed by atoms with Gasteiger partial charge in [-0.2, -0.15) is 0 Å².